The molecule has 0 radical (unpaired) electrons. The second-order valence-corrected chi connectivity index (χ2v) is 8.44. The number of thiophene rings is 1. The first kappa shape index (κ1) is 14.9. The van der Waals surface area contributed by atoms with Gasteiger partial charge in [-0.25, -0.2) is 4.98 Å². The molecule has 1 atom stereocenters. The van der Waals surface area contributed by atoms with Crippen LogP contribution in [0.3, 0.4) is 0 Å². The smallest absolute Gasteiger partial charge is 0.259 e. The average molecular weight is 347 g/mol. The van der Waals surface area contributed by atoms with Crippen LogP contribution in [0.25, 0.3) is 10.2 Å². The monoisotopic (exact) mass is 347 g/mol. The number of nitrogens with one attached hydrogen (secondary N) is 1. The highest BCUT2D eigenvalue weighted by atomic mass is 32.2. The fraction of sp³-hybridized carbons (Fsp3) is 0.467. The Morgan fingerprint density at radius 1 is 1.43 bits per heavy atom. The molecule has 120 valence electrons. The summed E-state index contributed by atoms with van der Waals surface area (Å²) in [4.78, 5) is 22.0. The van der Waals surface area contributed by atoms with Crippen LogP contribution in [-0.4, -0.2) is 24.7 Å². The first-order valence-electron chi connectivity index (χ1n) is 7.60. The van der Waals surface area contributed by atoms with Crippen LogP contribution in [0.1, 0.15) is 47.3 Å². The van der Waals surface area contributed by atoms with E-state index in [1.165, 1.54) is 12.8 Å². The van der Waals surface area contributed by atoms with Crippen molar-refractivity contribution in [1.29, 1.82) is 0 Å². The zero-order valence-corrected chi connectivity index (χ0v) is 14.8. The largest absolute Gasteiger partial charge is 0.309 e. The lowest BCUT2D eigenvalue weighted by Gasteiger charge is -2.10. The summed E-state index contributed by atoms with van der Waals surface area (Å²) in [6.45, 7) is 6.03. The van der Waals surface area contributed by atoms with Crippen molar-refractivity contribution in [2.24, 2.45) is 0 Å². The predicted molar refractivity (Wildman–Crippen MR) is 92.3 cm³/mol. The Kier molecular flexibility index (Phi) is 3.53. The number of aromatic amines is 1. The zero-order valence-electron chi connectivity index (χ0n) is 13.2. The standard InChI is InChI=1S/C15H17N5OS2/c1-7-8(2)22-14-11(7)13(21)17-12(18-14)9(3)23-15-19-16-6-20(15)10-4-5-10/h6,9-10H,4-5H2,1-3H3,(H,17,18,21). The van der Waals surface area contributed by atoms with Crippen molar-refractivity contribution in [3.05, 3.63) is 32.9 Å². The first-order valence-corrected chi connectivity index (χ1v) is 9.30. The Balaban J connectivity index is 1.68. The molecular weight excluding hydrogens is 330 g/mol. The second-order valence-electron chi connectivity index (χ2n) is 5.93. The molecule has 4 rings (SSSR count). The summed E-state index contributed by atoms with van der Waals surface area (Å²) in [7, 11) is 0. The van der Waals surface area contributed by atoms with Crippen LogP contribution >= 0.6 is 23.1 Å². The van der Waals surface area contributed by atoms with Crippen molar-refractivity contribution in [3.63, 3.8) is 0 Å². The fourth-order valence-electron chi connectivity index (χ4n) is 2.60. The topological polar surface area (TPSA) is 76.5 Å². The number of rotatable bonds is 4. The molecule has 0 aliphatic heterocycles. The van der Waals surface area contributed by atoms with Crippen molar-refractivity contribution in [3.8, 4) is 0 Å². The average Bonchev–Trinajstić information content (AvgIpc) is 3.18. The Morgan fingerprint density at radius 3 is 2.96 bits per heavy atom. The van der Waals surface area contributed by atoms with Crippen molar-refractivity contribution >= 4 is 33.3 Å². The van der Waals surface area contributed by atoms with E-state index >= 15 is 0 Å². The highest BCUT2D eigenvalue weighted by Gasteiger charge is 2.27. The number of aromatic nitrogens is 5. The maximum absolute atomic E-state index is 12.4. The molecule has 1 fully saturated rings. The predicted octanol–water partition coefficient (Wildman–Crippen LogP) is 3.38. The molecule has 1 saturated carbocycles. The Morgan fingerprint density at radius 2 is 2.22 bits per heavy atom. The van der Waals surface area contributed by atoms with E-state index in [1.807, 2.05) is 20.8 Å². The van der Waals surface area contributed by atoms with Gasteiger partial charge in [0.1, 0.15) is 17.0 Å². The van der Waals surface area contributed by atoms with E-state index in [0.29, 0.717) is 11.9 Å². The molecule has 3 aromatic heterocycles. The fourth-order valence-corrected chi connectivity index (χ4v) is 4.59. The highest BCUT2D eigenvalue weighted by Crippen LogP contribution is 2.40. The van der Waals surface area contributed by atoms with Crippen molar-refractivity contribution in [1.82, 2.24) is 24.7 Å². The van der Waals surface area contributed by atoms with Crippen LogP contribution in [0.5, 0.6) is 0 Å². The Hall–Kier alpha value is -1.67. The summed E-state index contributed by atoms with van der Waals surface area (Å²) in [5.41, 5.74) is 0.974. The minimum atomic E-state index is -0.0528. The maximum atomic E-state index is 12.4. The van der Waals surface area contributed by atoms with Gasteiger partial charge in [0.05, 0.1) is 10.6 Å². The van der Waals surface area contributed by atoms with Gasteiger partial charge in [0.25, 0.3) is 5.56 Å². The van der Waals surface area contributed by atoms with Gasteiger partial charge in [-0.3, -0.25) is 4.79 Å². The number of thioether (sulfide) groups is 1. The van der Waals surface area contributed by atoms with Gasteiger partial charge in [-0.05, 0) is 39.2 Å². The van der Waals surface area contributed by atoms with Crippen LogP contribution in [0.15, 0.2) is 16.3 Å². The molecule has 0 bridgehead atoms. The number of aryl methyl sites for hydroxylation is 2. The molecule has 1 N–H and O–H groups in total. The van der Waals surface area contributed by atoms with Gasteiger partial charge in [-0.2, -0.15) is 0 Å². The van der Waals surface area contributed by atoms with Crippen LogP contribution in [0.2, 0.25) is 0 Å². The van der Waals surface area contributed by atoms with E-state index < -0.39 is 0 Å². The molecule has 8 heteroatoms. The molecule has 3 heterocycles. The van der Waals surface area contributed by atoms with Crippen molar-refractivity contribution < 1.29 is 0 Å². The van der Waals surface area contributed by atoms with E-state index in [-0.39, 0.29) is 10.8 Å². The summed E-state index contributed by atoms with van der Waals surface area (Å²) in [6.07, 6.45) is 4.17. The maximum Gasteiger partial charge on any atom is 0.259 e. The normalized spacial score (nSPS) is 16.1. The lowest BCUT2D eigenvalue weighted by atomic mass is 10.2. The summed E-state index contributed by atoms with van der Waals surface area (Å²) >= 11 is 3.16. The van der Waals surface area contributed by atoms with Crippen molar-refractivity contribution in [2.45, 2.75) is 50.1 Å². The van der Waals surface area contributed by atoms with Gasteiger partial charge in [0.15, 0.2) is 5.16 Å². The second kappa shape index (κ2) is 5.45. The van der Waals surface area contributed by atoms with Crippen LogP contribution in [0, 0.1) is 13.8 Å². The molecule has 0 spiro atoms. The molecule has 23 heavy (non-hydrogen) atoms. The summed E-state index contributed by atoms with van der Waals surface area (Å²) < 4.78 is 2.12. The lowest BCUT2D eigenvalue weighted by Crippen LogP contribution is -2.12. The van der Waals surface area contributed by atoms with E-state index in [9.17, 15) is 4.79 Å². The van der Waals surface area contributed by atoms with Gasteiger partial charge >= 0.3 is 0 Å². The molecule has 1 aliphatic carbocycles. The lowest BCUT2D eigenvalue weighted by molar-refractivity contribution is 0.661. The van der Waals surface area contributed by atoms with Gasteiger partial charge in [-0.1, -0.05) is 11.8 Å². The molecule has 3 aromatic rings. The zero-order chi connectivity index (χ0) is 16.1. The van der Waals surface area contributed by atoms with E-state index in [2.05, 4.69) is 24.7 Å². The molecule has 0 amide bonds. The summed E-state index contributed by atoms with van der Waals surface area (Å²) in [5.74, 6) is 0.694. The first-order chi connectivity index (χ1) is 11.0. The highest BCUT2D eigenvalue weighted by molar-refractivity contribution is 7.99. The third-order valence-electron chi connectivity index (χ3n) is 4.21. The number of hydrogen-bond acceptors (Lipinski definition) is 6. The molecule has 0 saturated heterocycles. The van der Waals surface area contributed by atoms with E-state index in [4.69, 9.17) is 0 Å². The van der Waals surface area contributed by atoms with E-state index in [0.717, 1.165) is 25.8 Å². The number of fused-ring (bicyclic) bond motifs is 1. The summed E-state index contributed by atoms with van der Waals surface area (Å²) in [6, 6.07) is 0.539. The van der Waals surface area contributed by atoms with Gasteiger partial charge in [0, 0.05) is 10.9 Å². The third-order valence-corrected chi connectivity index (χ3v) is 6.39. The number of H-pyrrole nitrogens is 1. The Labute approximate surface area is 141 Å². The molecule has 0 aromatic carbocycles. The van der Waals surface area contributed by atoms with Crippen LogP contribution < -0.4 is 5.56 Å². The molecular formula is C15H17N5OS2. The van der Waals surface area contributed by atoms with Gasteiger partial charge in [0.2, 0.25) is 0 Å². The van der Waals surface area contributed by atoms with E-state index in [1.54, 1.807) is 29.4 Å². The SMILES string of the molecule is Cc1sc2nc(C(C)Sc3nncn3C3CC3)[nH]c(=O)c2c1C. The van der Waals surface area contributed by atoms with Crippen LogP contribution in [0.4, 0.5) is 0 Å². The minimum absolute atomic E-state index is 0.0107. The summed E-state index contributed by atoms with van der Waals surface area (Å²) in [5, 5.41) is 9.84. The molecule has 1 aliphatic rings. The molecule has 1 unspecified atom stereocenters. The number of nitrogens with zero attached hydrogens (tertiary/aromatic N) is 4. The third kappa shape index (κ3) is 2.59. The van der Waals surface area contributed by atoms with Gasteiger partial charge < -0.3 is 9.55 Å². The quantitative estimate of drug-likeness (QED) is 0.732. The Bertz CT molecular complexity index is 937. The molecule has 6 nitrogen and oxygen atoms in total. The van der Waals surface area contributed by atoms with Crippen LogP contribution in [-0.2, 0) is 0 Å². The number of hydrogen-bond donors (Lipinski definition) is 1. The van der Waals surface area contributed by atoms with Gasteiger partial charge in [-0.15, -0.1) is 21.5 Å². The van der Waals surface area contributed by atoms with Crippen molar-refractivity contribution in [2.75, 3.05) is 0 Å². The minimum Gasteiger partial charge on any atom is -0.309 e.